The summed E-state index contributed by atoms with van der Waals surface area (Å²) >= 11 is 0. The molecular formula is C17H17NO7. The second kappa shape index (κ2) is 7.43. The maximum absolute atomic E-state index is 12.5. The molecule has 0 aliphatic carbocycles. The summed E-state index contributed by atoms with van der Waals surface area (Å²) < 4.78 is 14.7. The Morgan fingerprint density at radius 1 is 0.920 bits per heavy atom. The molecule has 0 fully saturated rings. The van der Waals surface area contributed by atoms with E-state index in [4.69, 9.17) is 9.47 Å². The number of aromatic hydroxyl groups is 2. The fourth-order valence-electron chi connectivity index (χ4n) is 2.29. The first-order valence-electron chi connectivity index (χ1n) is 7.10. The highest BCUT2D eigenvalue weighted by Crippen LogP contribution is 2.37. The molecule has 132 valence electrons. The van der Waals surface area contributed by atoms with Crippen LogP contribution in [0.1, 0.15) is 20.7 Å². The van der Waals surface area contributed by atoms with Crippen molar-refractivity contribution in [1.29, 1.82) is 0 Å². The predicted molar refractivity (Wildman–Crippen MR) is 88.6 cm³/mol. The van der Waals surface area contributed by atoms with Gasteiger partial charge >= 0.3 is 5.97 Å². The van der Waals surface area contributed by atoms with Gasteiger partial charge in [-0.3, -0.25) is 4.79 Å². The topological polar surface area (TPSA) is 114 Å². The summed E-state index contributed by atoms with van der Waals surface area (Å²) in [6, 6.07) is 6.89. The van der Waals surface area contributed by atoms with Crippen molar-refractivity contribution in [3.8, 4) is 23.0 Å². The number of rotatable bonds is 5. The summed E-state index contributed by atoms with van der Waals surface area (Å²) in [5.41, 5.74) is -0.0141. The van der Waals surface area contributed by atoms with Crippen LogP contribution in [0.5, 0.6) is 23.0 Å². The Hall–Kier alpha value is -3.42. The van der Waals surface area contributed by atoms with Crippen molar-refractivity contribution in [1.82, 2.24) is 0 Å². The van der Waals surface area contributed by atoms with E-state index in [0.29, 0.717) is 0 Å². The van der Waals surface area contributed by atoms with E-state index in [2.05, 4.69) is 10.1 Å². The van der Waals surface area contributed by atoms with E-state index in [1.54, 1.807) is 0 Å². The first-order chi connectivity index (χ1) is 11.9. The lowest BCUT2D eigenvalue weighted by Gasteiger charge is -2.15. The number of anilines is 1. The van der Waals surface area contributed by atoms with Gasteiger partial charge in [0.15, 0.2) is 23.0 Å². The molecule has 2 aromatic carbocycles. The largest absolute Gasteiger partial charge is 0.504 e. The van der Waals surface area contributed by atoms with Crippen LogP contribution in [-0.2, 0) is 4.74 Å². The number of esters is 1. The highest BCUT2D eigenvalue weighted by molar-refractivity contribution is 6.10. The van der Waals surface area contributed by atoms with E-state index in [1.165, 1.54) is 44.6 Å². The van der Waals surface area contributed by atoms with Gasteiger partial charge in [-0.15, -0.1) is 0 Å². The molecule has 0 saturated heterocycles. The van der Waals surface area contributed by atoms with Crippen LogP contribution in [0.2, 0.25) is 0 Å². The number of ether oxygens (including phenoxy) is 3. The third-order valence-electron chi connectivity index (χ3n) is 3.42. The molecule has 0 aliphatic rings. The van der Waals surface area contributed by atoms with Crippen LogP contribution in [-0.4, -0.2) is 43.4 Å². The van der Waals surface area contributed by atoms with E-state index in [-0.39, 0.29) is 39.8 Å². The highest BCUT2D eigenvalue weighted by atomic mass is 16.5. The SMILES string of the molecule is COC(=O)c1c(NC(=O)c2cccc(O)c2OC)ccc(O)c1OC. The molecule has 8 heteroatoms. The standard InChI is InChI=1S/C17H17NO7/c1-23-14-9(5-4-6-11(14)19)16(21)18-10-7-8-12(20)15(24-2)13(10)17(22)25-3/h4-8,19-20H,1-3H3,(H,18,21). The van der Waals surface area contributed by atoms with Crippen molar-refractivity contribution in [2.24, 2.45) is 0 Å². The zero-order valence-electron chi connectivity index (χ0n) is 13.8. The van der Waals surface area contributed by atoms with Gasteiger partial charge in [0, 0.05) is 0 Å². The molecule has 2 aromatic rings. The molecular weight excluding hydrogens is 330 g/mol. The molecule has 0 heterocycles. The zero-order chi connectivity index (χ0) is 18.6. The maximum Gasteiger partial charge on any atom is 0.343 e. The summed E-state index contributed by atoms with van der Waals surface area (Å²) in [6.07, 6.45) is 0. The number of amides is 1. The van der Waals surface area contributed by atoms with E-state index < -0.39 is 11.9 Å². The first-order valence-corrected chi connectivity index (χ1v) is 7.10. The summed E-state index contributed by atoms with van der Waals surface area (Å²) in [5.74, 6) is -2.06. The number of phenols is 2. The van der Waals surface area contributed by atoms with Gasteiger partial charge in [-0.05, 0) is 24.3 Å². The van der Waals surface area contributed by atoms with E-state index in [9.17, 15) is 19.8 Å². The minimum absolute atomic E-state index is 0.00892. The Bertz CT molecular complexity index is 817. The number of hydrogen-bond acceptors (Lipinski definition) is 7. The molecule has 3 N–H and O–H groups in total. The highest BCUT2D eigenvalue weighted by Gasteiger charge is 2.24. The Morgan fingerprint density at radius 2 is 1.56 bits per heavy atom. The quantitative estimate of drug-likeness (QED) is 0.561. The van der Waals surface area contributed by atoms with Crippen LogP contribution in [0.4, 0.5) is 5.69 Å². The average molecular weight is 347 g/mol. The predicted octanol–water partition coefficient (Wildman–Crippen LogP) is 2.15. The summed E-state index contributed by atoms with van der Waals surface area (Å²) in [5, 5.41) is 22.1. The van der Waals surface area contributed by atoms with Crippen LogP contribution in [0.3, 0.4) is 0 Å². The molecule has 25 heavy (non-hydrogen) atoms. The molecule has 8 nitrogen and oxygen atoms in total. The molecule has 0 saturated carbocycles. The second-order valence-electron chi connectivity index (χ2n) is 4.84. The number of hydrogen-bond donors (Lipinski definition) is 3. The van der Waals surface area contributed by atoms with Crippen LogP contribution in [0.25, 0.3) is 0 Å². The van der Waals surface area contributed by atoms with E-state index in [0.717, 1.165) is 7.11 Å². The van der Waals surface area contributed by atoms with Crippen LogP contribution >= 0.6 is 0 Å². The maximum atomic E-state index is 12.5. The van der Waals surface area contributed by atoms with Gasteiger partial charge in [-0.25, -0.2) is 4.79 Å². The molecule has 0 atom stereocenters. The lowest BCUT2D eigenvalue weighted by molar-refractivity contribution is 0.0597. The van der Waals surface area contributed by atoms with Gasteiger partial charge < -0.3 is 29.7 Å². The Labute approximate surface area is 143 Å². The minimum atomic E-state index is -0.800. The van der Waals surface area contributed by atoms with Crippen molar-refractivity contribution in [2.45, 2.75) is 0 Å². The van der Waals surface area contributed by atoms with E-state index in [1.807, 2.05) is 0 Å². The lowest BCUT2D eigenvalue weighted by atomic mass is 10.1. The normalized spacial score (nSPS) is 10.0. The van der Waals surface area contributed by atoms with Gasteiger partial charge in [0.2, 0.25) is 0 Å². The Balaban J connectivity index is 2.49. The molecule has 0 radical (unpaired) electrons. The Morgan fingerprint density at radius 3 is 2.16 bits per heavy atom. The molecule has 2 rings (SSSR count). The summed E-state index contributed by atoms with van der Waals surface area (Å²) in [4.78, 5) is 24.6. The molecule has 0 spiro atoms. The summed E-state index contributed by atoms with van der Waals surface area (Å²) in [6.45, 7) is 0. The fraction of sp³-hybridized carbons (Fsp3) is 0.176. The number of para-hydroxylation sites is 1. The van der Waals surface area contributed by atoms with Crippen molar-refractivity contribution in [3.63, 3.8) is 0 Å². The van der Waals surface area contributed by atoms with Crippen molar-refractivity contribution in [3.05, 3.63) is 41.5 Å². The van der Waals surface area contributed by atoms with Crippen molar-refractivity contribution >= 4 is 17.6 Å². The van der Waals surface area contributed by atoms with Crippen molar-refractivity contribution in [2.75, 3.05) is 26.6 Å². The van der Waals surface area contributed by atoms with Gasteiger partial charge in [-0.2, -0.15) is 0 Å². The monoisotopic (exact) mass is 347 g/mol. The number of carbonyl (C=O) groups is 2. The fourth-order valence-corrected chi connectivity index (χ4v) is 2.29. The third-order valence-corrected chi connectivity index (χ3v) is 3.42. The van der Waals surface area contributed by atoms with Gasteiger partial charge in [-0.1, -0.05) is 6.07 Å². The number of benzene rings is 2. The number of phenolic OH excluding ortho intramolecular Hbond substituents is 2. The smallest absolute Gasteiger partial charge is 0.343 e. The summed E-state index contributed by atoms with van der Waals surface area (Å²) in [7, 11) is 3.75. The number of carbonyl (C=O) groups excluding carboxylic acids is 2. The average Bonchev–Trinajstić information content (AvgIpc) is 2.61. The minimum Gasteiger partial charge on any atom is -0.504 e. The van der Waals surface area contributed by atoms with Crippen LogP contribution in [0.15, 0.2) is 30.3 Å². The third kappa shape index (κ3) is 3.42. The second-order valence-corrected chi connectivity index (χ2v) is 4.84. The van der Waals surface area contributed by atoms with Gasteiger partial charge in [0.1, 0.15) is 5.56 Å². The van der Waals surface area contributed by atoms with Gasteiger partial charge in [0.05, 0.1) is 32.6 Å². The molecule has 0 unspecified atom stereocenters. The molecule has 0 aromatic heterocycles. The van der Waals surface area contributed by atoms with Crippen LogP contribution < -0.4 is 14.8 Å². The van der Waals surface area contributed by atoms with Crippen LogP contribution in [0, 0.1) is 0 Å². The van der Waals surface area contributed by atoms with E-state index >= 15 is 0 Å². The number of nitrogens with one attached hydrogen (secondary N) is 1. The Kier molecular flexibility index (Phi) is 5.33. The first kappa shape index (κ1) is 17.9. The lowest BCUT2D eigenvalue weighted by Crippen LogP contribution is -2.17. The number of methoxy groups -OCH3 is 3. The van der Waals surface area contributed by atoms with Gasteiger partial charge in [0.25, 0.3) is 5.91 Å². The molecule has 0 aliphatic heterocycles. The van der Waals surface area contributed by atoms with Crippen molar-refractivity contribution < 1.29 is 34.0 Å². The molecule has 0 bridgehead atoms. The zero-order valence-corrected chi connectivity index (χ0v) is 13.8. The molecule has 1 amide bonds.